The van der Waals surface area contributed by atoms with Crippen molar-refractivity contribution in [3.8, 4) is 5.75 Å². The van der Waals surface area contributed by atoms with Gasteiger partial charge >= 0.3 is 0 Å². The molecule has 0 spiro atoms. The number of hydrogen-bond donors (Lipinski definition) is 0. The van der Waals surface area contributed by atoms with Gasteiger partial charge in [0.2, 0.25) is 0 Å². The summed E-state index contributed by atoms with van der Waals surface area (Å²) in [6, 6.07) is 7.45. The third-order valence-electron chi connectivity index (χ3n) is 2.91. The number of para-hydroxylation sites is 1. The molecule has 86 valence electrons. The fraction of sp³-hybridized carbons (Fsp3) is 0.462. The van der Waals surface area contributed by atoms with Crippen LogP contribution in [-0.2, 0) is 0 Å². The molecule has 1 aromatic carbocycles. The van der Waals surface area contributed by atoms with Crippen molar-refractivity contribution in [1.29, 1.82) is 0 Å². The summed E-state index contributed by atoms with van der Waals surface area (Å²) in [5, 5.41) is 0. The highest BCUT2D eigenvalue weighted by atomic mass is 16.5. The van der Waals surface area contributed by atoms with Gasteiger partial charge in [0.05, 0.1) is 5.56 Å². The number of rotatable bonds is 3. The van der Waals surface area contributed by atoms with Crippen LogP contribution in [0.2, 0.25) is 0 Å². The smallest absolute Gasteiger partial charge is 0.163 e. The number of likely N-dealkylation sites (N-methyl/N-ethyl adjacent to an activating group) is 1. The second kappa shape index (κ2) is 4.66. The summed E-state index contributed by atoms with van der Waals surface area (Å²) in [5.74, 6) is 0.775. The maximum Gasteiger partial charge on any atom is 0.163 e. The van der Waals surface area contributed by atoms with Gasteiger partial charge in [-0.1, -0.05) is 12.1 Å². The molecule has 0 N–H and O–H groups in total. The van der Waals surface area contributed by atoms with Gasteiger partial charge in [-0.25, -0.2) is 0 Å². The number of hydrogen-bond acceptors (Lipinski definition) is 3. The molecule has 0 amide bonds. The van der Waals surface area contributed by atoms with Gasteiger partial charge in [0.1, 0.15) is 11.9 Å². The monoisotopic (exact) mass is 219 g/mol. The molecule has 1 atom stereocenters. The van der Waals surface area contributed by atoms with E-state index in [2.05, 4.69) is 11.9 Å². The number of Topliss-reactive ketones (excluding diaryl/α,β-unsaturated/α-hetero) is 1. The summed E-state index contributed by atoms with van der Waals surface area (Å²) < 4.78 is 5.88. The molecule has 0 radical (unpaired) electrons. The summed E-state index contributed by atoms with van der Waals surface area (Å²) in [4.78, 5) is 13.7. The average molecular weight is 219 g/mol. The minimum absolute atomic E-state index is 0.0574. The van der Waals surface area contributed by atoms with Gasteiger partial charge in [0, 0.05) is 13.1 Å². The first-order valence-electron chi connectivity index (χ1n) is 5.62. The molecule has 2 rings (SSSR count). The van der Waals surface area contributed by atoms with Crippen LogP contribution >= 0.6 is 0 Å². The molecule has 1 fully saturated rings. The lowest BCUT2D eigenvalue weighted by molar-refractivity contribution is 0.101. The van der Waals surface area contributed by atoms with Crippen LogP contribution in [0, 0.1) is 0 Å². The normalized spacial score (nSPS) is 21.0. The summed E-state index contributed by atoms with van der Waals surface area (Å²) in [6.07, 6.45) is 1.24. The number of likely N-dealkylation sites (tertiary alicyclic amines) is 1. The first kappa shape index (κ1) is 11.1. The van der Waals surface area contributed by atoms with Crippen LogP contribution in [0.3, 0.4) is 0 Å². The first-order chi connectivity index (χ1) is 7.66. The Hall–Kier alpha value is -1.35. The number of ketones is 1. The third kappa shape index (κ3) is 2.42. The van der Waals surface area contributed by atoms with E-state index in [0.29, 0.717) is 5.56 Å². The molecule has 1 aliphatic rings. The lowest BCUT2D eigenvalue weighted by atomic mass is 10.1. The zero-order valence-corrected chi connectivity index (χ0v) is 9.77. The maximum absolute atomic E-state index is 11.4. The van der Waals surface area contributed by atoms with Crippen LogP contribution in [0.25, 0.3) is 0 Å². The molecular formula is C13H17NO2. The Morgan fingerprint density at radius 1 is 1.44 bits per heavy atom. The Balaban J connectivity index is 2.12. The molecule has 3 nitrogen and oxygen atoms in total. The summed E-state index contributed by atoms with van der Waals surface area (Å²) in [5.41, 5.74) is 0.678. The Labute approximate surface area is 96.0 Å². The van der Waals surface area contributed by atoms with Gasteiger partial charge in [-0.3, -0.25) is 4.79 Å². The topological polar surface area (TPSA) is 29.5 Å². The number of nitrogens with zero attached hydrogens (tertiary/aromatic N) is 1. The van der Waals surface area contributed by atoms with Crippen LogP contribution in [0.1, 0.15) is 23.7 Å². The molecule has 0 aliphatic carbocycles. The van der Waals surface area contributed by atoms with E-state index in [1.807, 2.05) is 24.3 Å². The Morgan fingerprint density at radius 2 is 2.19 bits per heavy atom. The van der Waals surface area contributed by atoms with Gasteiger partial charge in [-0.2, -0.15) is 0 Å². The Bertz CT molecular complexity index is 389. The van der Waals surface area contributed by atoms with E-state index in [1.165, 1.54) is 0 Å². The van der Waals surface area contributed by atoms with Crippen molar-refractivity contribution in [2.45, 2.75) is 19.4 Å². The molecule has 1 saturated heterocycles. The quantitative estimate of drug-likeness (QED) is 0.728. The fourth-order valence-corrected chi connectivity index (χ4v) is 2.03. The zero-order valence-electron chi connectivity index (χ0n) is 9.77. The standard InChI is InChI=1S/C13H17NO2/c1-10(15)12-5-3-4-6-13(12)16-11-7-8-14(2)9-11/h3-6,11H,7-9H2,1-2H3. The predicted molar refractivity (Wildman–Crippen MR) is 63.0 cm³/mol. The average Bonchev–Trinajstić information content (AvgIpc) is 2.64. The minimum Gasteiger partial charge on any atom is -0.488 e. The van der Waals surface area contributed by atoms with E-state index in [9.17, 15) is 4.79 Å². The summed E-state index contributed by atoms with van der Waals surface area (Å²) in [6.45, 7) is 3.57. The van der Waals surface area contributed by atoms with E-state index in [4.69, 9.17) is 4.74 Å². The Kier molecular flexibility index (Phi) is 3.25. The molecule has 1 unspecified atom stereocenters. The molecule has 16 heavy (non-hydrogen) atoms. The van der Waals surface area contributed by atoms with Gasteiger partial charge in [0.25, 0.3) is 0 Å². The Morgan fingerprint density at radius 3 is 2.81 bits per heavy atom. The second-order valence-electron chi connectivity index (χ2n) is 4.34. The van der Waals surface area contributed by atoms with Crippen molar-refractivity contribution in [2.75, 3.05) is 20.1 Å². The molecule has 3 heteroatoms. The minimum atomic E-state index is 0.0574. The lowest BCUT2D eigenvalue weighted by Gasteiger charge is -2.15. The largest absolute Gasteiger partial charge is 0.488 e. The van der Waals surface area contributed by atoms with Gasteiger partial charge in [-0.05, 0) is 32.5 Å². The van der Waals surface area contributed by atoms with Crippen LogP contribution < -0.4 is 4.74 Å². The van der Waals surface area contributed by atoms with Crippen LogP contribution in [0.15, 0.2) is 24.3 Å². The molecule has 1 aliphatic heterocycles. The van der Waals surface area contributed by atoms with Gasteiger partial charge < -0.3 is 9.64 Å². The molecule has 1 heterocycles. The van der Waals surface area contributed by atoms with Gasteiger partial charge in [0.15, 0.2) is 5.78 Å². The van der Waals surface area contributed by atoms with Crippen molar-refractivity contribution in [2.24, 2.45) is 0 Å². The van der Waals surface area contributed by atoms with Crippen molar-refractivity contribution >= 4 is 5.78 Å². The van der Waals surface area contributed by atoms with E-state index in [-0.39, 0.29) is 11.9 Å². The summed E-state index contributed by atoms with van der Waals surface area (Å²) in [7, 11) is 2.08. The number of ether oxygens (including phenoxy) is 1. The van der Waals surface area contributed by atoms with Crippen LogP contribution in [0.5, 0.6) is 5.75 Å². The lowest BCUT2D eigenvalue weighted by Crippen LogP contribution is -2.22. The molecule has 0 bridgehead atoms. The highest BCUT2D eigenvalue weighted by molar-refractivity contribution is 5.96. The van der Waals surface area contributed by atoms with Crippen molar-refractivity contribution in [3.63, 3.8) is 0 Å². The zero-order chi connectivity index (χ0) is 11.5. The van der Waals surface area contributed by atoms with E-state index in [0.717, 1.165) is 25.3 Å². The predicted octanol–water partition coefficient (Wildman–Crippen LogP) is 1.97. The van der Waals surface area contributed by atoms with Crippen LogP contribution in [0.4, 0.5) is 0 Å². The van der Waals surface area contributed by atoms with Gasteiger partial charge in [-0.15, -0.1) is 0 Å². The van der Waals surface area contributed by atoms with E-state index >= 15 is 0 Å². The molecular weight excluding hydrogens is 202 g/mol. The van der Waals surface area contributed by atoms with Crippen molar-refractivity contribution < 1.29 is 9.53 Å². The van der Waals surface area contributed by atoms with E-state index < -0.39 is 0 Å². The SMILES string of the molecule is CC(=O)c1ccccc1OC1CCN(C)C1. The molecule has 1 aromatic rings. The highest BCUT2D eigenvalue weighted by Crippen LogP contribution is 2.22. The number of carbonyl (C=O) groups excluding carboxylic acids is 1. The maximum atomic E-state index is 11.4. The summed E-state index contributed by atoms with van der Waals surface area (Å²) >= 11 is 0. The van der Waals surface area contributed by atoms with E-state index in [1.54, 1.807) is 6.92 Å². The second-order valence-corrected chi connectivity index (χ2v) is 4.34. The number of carbonyl (C=O) groups is 1. The fourth-order valence-electron chi connectivity index (χ4n) is 2.03. The highest BCUT2D eigenvalue weighted by Gasteiger charge is 2.22. The molecule has 0 saturated carbocycles. The number of benzene rings is 1. The first-order valence-corrected chi connectivity index (χ1v) is 5.62. The third-order valence-corrected chi connectivity index (χ3v) is 2.91. The van der Waals surface area contributed by atoms with Crippen molar-refractivity contribution in [1.82, 2.24) is 4.90 Å². The van der Waals surface area contributed by atoms with Crippen LogP contribution in [-0.4, -0.2) is 36.9 Å². The van der Waals surface area contributed by atoms with Crippen molar-refractivity contribution in [3.05, 3.63) is 29.8 Å². The molecule has 0 aromatic heterocycles.